The van der Waals surface area contributed by atoms with Crippen molar-refractivity contribution in [2.24, 2.45) is 0 Å². The number of rotatable bonds is 5. The van der Waals surface area contributed by atoms with Crippen LogP contribution in [0.15, 0.2) is 60.9 Å². The van der Waals surface area contributed by atoms with Gasteiger partial charge in [-0.1, -0.05) is 23.5 Å². The Hall–Kier alpha value is -3.90. The molecule has 0 aliphatic heterocycles. The van der Waals surface area contributed by atoms with Crippen molar-refractivity contribution in [2.75, 3.05) is 16.4 Å². The van der Waals surface area contributed by atoms with Crippen LogP contribution in [-0.4, -0.2) is 20.3 Å². The van der Waals surface area contributed by atoms with Crippen molar-refractivity contribution in [3.63, 3.8) is 0 Å². The van der Waals surface area contributed by atoms with Crippen molar-refractivity contribution >= 4 is 55.7 Å². The van der Waals surface area contributed by atoms with Gasteiger partial charge in [0.1, 0.15) is 5.65 Å². The molecule has 0 spiro atoms. The quantitative estimate of drug-likeness (QED) is 0.235. The van der Waals surface area contributed by atoms with Crippen LogP contribution in [0.3, 0.4) is 0 Å². The molecule has 7 nitrogen and oxygen atoms in total. The Bertz CT molecular complexity index is 1550. The number of nitrogens with zero attached hydrogens (tertiary/aromatic N) is 3. The summed E-state index contributed by atoms with van der Waals surface area (Å²) >= 11 is 2.59. The van der Waals surface area contributed by atoms with Gasteiger partial charge in [0.2, 0.25) is 0 Å². The van der Waals surface area contributed by atoms with E-state index < -0.39 is 11.7 Å². The maximum atomic E-state index is 13.1. The molecule has 0 saturated heterocycles. The molecule has 0 atom stereocenters. The lowest BCUT2D eigenvalue weighted by atomic mass is 10.2. The molecule has 5 aromatic rings. The van der Waals surface area contributed by atoms with Gasteiger partial charge in [0.25, 0.3) is 5.91 Å². The lowest BCUT2D eigenvalue weighted by molar-refractivity contribution is -0.137. The zero-order chi connectivity index (χ0) is 24.7. The van der Waals surface area contributed by atoms with Crippen LogP contribution in [0, 0.1) is 6.92 Å². The summed E-state index contributed by atoms with van der Waals surface area (Å²) in [6.07, 6.45) is -1.43. The highest BCUT2D eigenvalue weighted by Crippen LogP contribution is 2.36. The largest absolute Gasteiger partial charge is 0.416 e. The van der Waals surface area contributed by atoms with Crippen LogP contribution in [0.4, 0.5) is 34.7 Å². The van der Waals surface area contributed by atoms with Gasteiger partial charge in [0, 0.05) is 12.4 Å². The predicted molar refractivity (Wildman–Crippen MR) is 132 cm³/mol. The summed E-state index contributed by atoms with van der Waals surface area (Å²) in [4.78, 5) is 22.5. The third-order valence-electron chi connectivity index (χ3n) is 5.14. The van der Waals surface area contributed by atoms with Crippen LogP contribution in [0.1, 0.15) is 20.9 Å². The minimum absolute atomic E-state index is 0.211. The Morgan fingerprint density at radius 2 is 1.91 bits per heavy atom. The highest BCUT2D eigenvalue weighted by molar-refractivity contribution is 7.20. The van der Waals surface area contributed by atoms with Crippen molar-refractivity contribution < 1.29 is 18.0 Å². The Labute approximate surface area is 205 Å². The number of nitrogen functional groups attached to an aromatic ring is 1. The number of aryl methyl sites for hydroxylation is 1. The molecule has 0 radical (unpaired) electrons. The SMILES string of the molecule is Cc1nc2cc(C(F)(F)F)ccn2c1-c1cnc(Nc2ccc(C(=O)Nc3ccccc3N)s2)s1. The Kier molecular flexibility index (Phi) is 5.69. The molecular weight excluding hydrogens is 497 g/mol. The average molecular weight is 515 g/mol. The van der Waals surface area contributed by atoms with E-state index in [2.05, 4.69) is 20.6 Å². The molecule has 35 heavy (non-hydrogen) atoms. The molecule has 5 rings (SSSR count). The third kappa shape index (κ3) is 4.57. The number of carbonyl (C=O) groups is 1. The second-order valence-electron chi connectivity index (χ2n) is 7.55. The van der Waals surface area contributed by atoms with E-state index in [4.69, 9.17) is 5.73 Å². The number of nitrogens with two attached hydrogens (primary N) is 1. The van der Waals surface area contributed by atoms with E-state index in [1.54, 1.807) is 53.9 Å². The first-order valence-corrected chi connectivity index (χ1v) is 11.9. The number of carbonyl (C=O) groups excluding carboxylic acids is 1. The van der Waals surface area contributed by atoms with Crippen molar-refractivity contribution in [3.05, 3.63) is 77.1 Å². The number of para-hydroxylation sites is 2. The smallest absolute Gasteiger partial charge is 0.397 e. The number of pyridine rings is 1. The molecule has 0 saturated carbocycles. The summed E-state index contributed by atoms with van der Waals surface area (Å²) < 4.78 is 40.8. The number of halogens is 3. The van der Waals surface area contributed by atoms with Gasteiger partial charge in [-0.25, -0.2) is 9.97 Å². The second-order valence-corrected chi connectivity index (χ2v) is 9.66. The first kappa shape index (κ1) is 22.9. The summed E-state index contributed by atoms with van der Waals surface area (Å²) in [5, 5.41) is 7.25. The zero-order valence-corrected chi connectivity index (χ0v) is 19.7. The first-order chi connectivity index (χ1) is 16.7. The second kappa shape index (κ2) is 8.71. The van der Waals surface area contributed by atoms with Crippen LogP contribution in [0.25, 0.3) is 16.2 Å². The molecule has 4 aromatic heterocycles. The van der Waals surface area contributed by atoms with E-state index in [-0.39, 0.29) is 11.6 Å². The van der Waals surface area contributed by atoms with E-state index in [0.29, 0.717) is 37.8 Å². The monoisotopic (exact) mass is 514 g/mol. The molecule has 178 valence electrons. The van der Waals surface area contributed by atoms with Gasteiger partial charge >= 0.3 is 6.18 Å². The summed E-state index contributed by atoms with van der Waals surface area (Å²) in [6.45, 7) is 1.74. The fraction of sp³-hybridized carbons (Fsp3) is 0.0870. The van der Waals surface area contributed by atoms with Gasteiger partial charge in [-0.15, -0.1) is 11.3 Å². The number of aromatic nitrogens is 3. The Morgan fingerprint density at radius 1 is 1.11 bits per heavy atom. The predicted octanol–water partition coefficient (Wildman–Crippen LogP) is 6.42. The molecule has 0 fully saturated rings. The maximum absolute atomic E-state index is 13.1. The van der Waals surface area contributed by atoms with Crippen molar-refractivity contribution in [3.8, 4) is 10.6 Å². The van der Waals surface area contributed by atoms with E-state index >= 15 is 0 Å². The topological polar surface area (TPSA) is 97.3 Å². The fourth-order valence-electron chi connectivity index (χ4n) is 3.50. The first-order valence-electron chi connectivity index (χ1n) is 10.2. The van der Waals surface area contributed by atoms with Crippen LogP contribution in [-0.2, 0) is 6.18 Å². The van der Waals surface area contributed by atoms with Crippen molar-refractivity contribution in [1.82, 2.24) is 14.4 Å². The van der Waals surface area contributed by atoms with Gasteiger partial charge in [0.05, 0.1) is 43.1 Å². The number of nitrogens with one attached hydrogen (secondary N) is 2. The number of hydrogen-bond donors (Lipinski definition) is 3. The molecule has 0 aliphatic carbocycles. The molecule has 1 aromatic carbocycles. The van der Waals surface area contributed by atoms with Gasteiger partial charge in [-0.2, -0.15) is 13.2 Å². The van der Waals surface area contributed by atoms with Crippen LogP contribution in [0.2, 0.25) is 0 Å². The Balaban J connectivity index is 1.34. The number of amides is 1. The number of fused-ring (bicyclic) bond motifs is 1. The number of imidazole rings is 1. The van der Waals surface area contributed by atoms with Crippen molar-refractivity contribution in [2.45, 2.75) is 13.1 Å². The lowest BCUT2D eigenvalue weighted by Gasteiger charge is -2.07. The molecule has 4 N–H and O–H groups in total. The average Bonchev–Trinajstić information content (AvgIpc) is 3.52. The van der Waals surface area contributed by atoms with Crippen LogP contribution in [0.5, 0.6) is 0 Å². The standard InChI is InChI=1S/C23H17F3N6OS2/c1-12-20(32-9-8-13(23(24,25)26)10-18(32)29-12)17-11-28-22(35-17)31-19-7-6-16(34-19)21(33)30-15-5-3-2-4-14(15)27/h2-11H,27H2,1H3,(H,28,31)(H,30,33). The minimum Gasteiger partial charge on any atom is -0.397 e. The van der Waals surface area contributed by atoms with E-state index in [9.17, 15) is 18.0 Å². The lowest BCUT2D eigenvalue weighted by Crippen LogP contribution is -2.11. The number of alkyl halides is 3. The molecule has 0 bridgehead atoms. The zero-order valence-electron chi connectivity index (χ0n) is 18.1. The van der Waals surface area contributed by atoms with E-state index in [1.165, 1.54) is 28.9 Å². The summed E-state index contributed by atoms with van der Waals surface area (Å²) in [5.74, 6) is -0.277. The van der Waals surface area contributed by atoms with Gasteiger partial charge in [0.15, 0.2) is 5.13 Å². The number of thiophene rings is 1. The summed E-state index contributed by atoms with van der Waals surface area (Å²) in [5.41, 5.74) is 7.62. The number of hydrogen-bond acceptors (Lipinski definition) is 7. The third-order valence-corrected chi connectivity index (χ3v) is 7.05. The summed E-state index contributed by atoms with van der Waals surface area (Å²) in [6, 6.07) is 12.5. The molecule has 12 heteroatoms. The van der Waals surface area contributed by atoms with Gasteiger partial charge in [-0.05, 0) is 43.3 Å². The van der Waals surface area contributed by atoms with Crippen LogP contribution >= 0.6 is 22.7 Å². The highest BCUT2D eigenvalue weighted by atomic mass is 32.1. The maximum Gasteiger partial charge on any atom is 0.416 e. The molecule has 4 heterocycles. The van der Waals surface area contributed by atoms with Gasteiger partial charge in [-0.3, -0.25) is 9.20 Å². The number of thiazole rings is 1. The van der Waals surface area contributed by atoms with Gasteiger partial charge < -0.3 is 16.4 Å². The fourth-order valence-corrected chi connectivity index (χ4v) is 5.29. The van der Waals surface area contributed by atoms with E-state index in [1.807, 2.05) is 0 Å². The summed E-state index contributed by atoms with van der Waals surface area (Å²) in [7, 11) is 0. The molecule has 1 amide bonds. The highest BCUT2D eigenvalue weighted by Gasteiger charge is 2.31. The normalized spacial score (nSPS) is 11.7. The Morgan fingerprint density at radius 3 is 2.69 bits per heavy atom. The molecule has 0 aliphatic rings. The molecular formula is C23H17F3N6OS2. The number of benzene rings is 1. The van der Waals surface area contributed by atoms with E-state index in [0.717, 1.165) is 17.0 Å². The van der Waals surface area contributed by atoms with Crippen molar-refractivity contribution in [1.29, 1.82) is 0 Å². The minimum atomic E-state index is -4.44. The van der Waals surface area contributed by atoms with Crippen LogP contribution < -0.4 is 16.4 Å². The number of anilines is 4. The molecule has 0 unspecified atom stereocenters.